The third-order valence-corrected chi connectivity index (χ3v) is 17.6. The van der Waals surface area contributed by atoms with Crippen LogP contribution in [0.5, 0.6) is 11.5 Å². The van der Waals surface area contributed by atoms with Gasteiger partial charge in [0.15, 0.2) is 11.1 Å². The second-order valence-electron chi connectivity index (χ2n) is 14.0. The lowest BCUT2D eigenvalue weighted by Gasteiger charge is -2.38. The summed E-state index contributed by atoms with van der Waals surface area (Å²) in [7, 11) is 0.345. The van der Waals surface area contributed by atoms with Gasteiger partial charge in [0.2, 0.25) is 0 Å². The van der Waals surface area contributed by atoms with Gasteiger partial charge in [-0.25, -0.2) is 0 Å². The van der Waals surface area contributed by atoms with Crippen LogP contribution in [0.4, 0.5) is 0 Å². The van der Waals surface area contributed by atoms with Crippen molar-refractivity contribution in [2.45, 2.75) is 116 Å². The second kappa shape index (κ2) is 26.0. The molecule has 0 fully saturated rings. The molecule has 322 valence electrons. The first-order chi connectivity index (χ1) is 27.3. The zero-order valence-corrected chi connectivity index (χ0v) is 39.2. The van der Waals surface area contributed by atoms with E-state index in [1.807, 2.05) is 67.3 Å². The van der Waals surface area contributed by atoms with Crippen molar-refractivity contribution in [1.29, 1.82) is 0 Å². The van der Waals surface area contributed by atoms with Gasteiger partial charge < -0.3 is 27.6 Å². The van der Waals surface area contributed by atoms with Gasteiger partial charge in [0.05, 0.1) is 13.1 Å². The molecule has 2 rings (SSSR count). The molecule has 3 unspecified atom stereocenters. The van der Waals surface area contributed by atoms with E-state index in [9.17, 15) is 14.7 Å². The third-order valence-electron chi connectivity index (χ3n) is 9.85. The Morgan fingerprint density at radius 3 is 1.84 bits per heavy atom. The number of nitrogens with zero attached hydrogens (tertiary/aromatic N) is 6. The number of hydrogen-bond acceptors (Lipinski definition) is 12. The molecule has 0 aliphatic heterocycles. The van der Waals surface area contributed by atoms with Crippen LogP contribution in [0.3, 0.4) is 0 Å². The minimum Gasteiger partial charge on any atom is -0.481 e. The summed E-state index contributed by atoms with van der Waals surface area (Å²) in [5.74, 6) is 1.36. The fraction of sp³-hybridized carbons (Fsp3) is 0.667. The summed E-state index contributed by atoms with van der Waals surface area (Å²) in [4.78, 5) is 4.82. The van der Waals surface area contributed by atoms with E-state index in [0.717, 1.165) is 74.7 Å². The Bertz CT molecular complexity index is 1620. The molecule has 0 saturated carbocycles. The Kier molecular flexibility index (Phi) is 23.2. The van der Waals surface area contributed by atoms with E-state index in [4.69, 9.17) is 44.5 Å². The van der Waals surface area contributed by atoms with Gasteiger partial charge in [0, 0.05) is 46.9 Å². The summed E-state index contributed by atoms with van der Waals surface area (Å²) in [6.45, 7) is 7.09. The average molecular weight is 873 g/mol. The van der Waals surface area contributed by atoms with E-state index < -0.39 is 33.1 Å². The van der Waals surface area contributed by atoms with Crippen LogP contribution >= 0.6 is 22.0 Å². The predicted molar refractivity (Wildman–Crippen MR) is 237 cm³/mol. The molecule has 0 amide bonds. The van der Waals surface area contributed by atoms with E-state index in [-0.39, 0.29) is 12.6 Å². The maximum absolute atomic E-state index is 13.0. The Morgan fingerprint density at radius 1 is 0.772 bits per heavy atom. The molecule has 0 heterocycles. The van der Waals surface area contributed by atoms with Gasteiger partial charge in [-0.05, 0) is 103 Å². The highest BCUT2D eigenvalue weighted by Gasteiger charge is 2.37. The second-order valence-corrected chi connectivity index (χ2v) is 21.8. The smallest absolute Gasteiger partial charge is 0.344 e. The first-order valence-corrected chi connectivity index (χ1v) is 25.9. The van der Waals surface area contributed by atoms with E-state index in [2.05, 4.69) is 30.8 Å². The number of hydrogen-bond donors (Lipinski definition) is 0. The van der Waals surface area contributed by atoms with E-state index in [1.54, 1.807) is 11.1 Å². The summed E-state index contributed by atoms with van der Waals surface area (Å²) in [5.41, 5.74) is 10.3. The number of unbranched alkanes of at least 4 members (excludes halogenated alkanes) is 4. The number of azide groups is 1. The van der Waals surface area contributed by atoms with Crippen molar-refractivity contribution in [3.05, 3.63) is 70.1 Å². The van der Waals surface area contributed by atoms with Gasteiger partial charge in [0.1, 0.15) is 24.1 Å². The first kappa shape index (κ1) is 50.9. The van der Waals surface area contributed by atoms with Crippen LogP contribution in [0.2, 0.25) is 0 Å². The van der Waals surface area contributed by atoms with E-state index in [0.29, 0.717) is 31.6 Å². The lowest BCUT2D eigenvalue weighted by Crippen LogP contribution is -2.35. The predicted octanol–water partition coefficient (Wildman–Crippen LogP) is 11.8. The molecule has 18 heteroatoms. The third kappa shape index (κ3) is 16.7. The summed E-state index contributed by atoms with van der Waals surface area (Å²) >= 11 is 6.32. The molecule has 0 aliphatic rings. The summed E-state index contributed by atoms with van der Waals surface area (Å²) in [5, 5.41) is 8.31. The van der Waals surface area contributed by atoms with Crippen LogP contribution < -0.4 is 9.47 Å². The molecule has 0 saturated heterocycles. The normalized spacial score (nSPS) is 14.8. The molecule has 0 bridgehead atoms. The van der Waals surface area contributed by atoms with Crippen molar-refractivity contribution in [3.63, 3.8) is 0 Å². The molecule has 0 radical (unpaired) electrons. The number of ether oxygens (including phenoxy) is 2. The van der Waals surface area contributed by atoms with Crippen LogP contribution in [0.15, 0.2) is 58.7 Å². The largest absolute Gasteiger partial charge is 0.481 e. The molecule has 0 aromatic heterocycles. The molecule has 2 aromatic carbocycles. The van der Waals surface area contributed by atoms with Crippen LogP contribution in [0.1, 0.15) is 109 Å². The first-order valence-electron chi connectivity index (χ1n) is 19.9. The molecular formula is C39H67N6O8P3S. The SMILES string of the molecule is CCCCCCC(CC)(N=[N+]=[N-])Oc1ccc(/C=N/N(C)[PH](=S)C(CCC)(CCCC)Oc2ccc(CCN(CP(=O)(OC)OC)CP(=O)(OC)OC)cc2)cc1. The highest BCUT2D eigenvalue weighted by atomic mass is 32.4. The zero-order valence-electron chi connectivity index (χ0n) is 35.6. The highest BCUT2D eigenvalue weighted by molar-refractivity contribution is 8.04. The fourth-order valence-electron chi connectivity index (χ4n) is 6.34. The van der Waals surface area contributed by atoms with Crippen LogP contribution in [-0.4, -0.2) is 81.6 Å². The van der Waals surface area contributed by atoms with Crippen molar-refractivity contribution in [2.24, 2.45) is 10.2 Å². The number of hydrazone groups is 1. The zero-order chi connectivity index (χ0) is 42.4. The molecule has 14 nitrogen and oxygen atoms in total. The maximum Gasteiger partial charge on any atom is 0.344 e. The Labute approximate surface area is 347 Å². The van der Waals surface area contributed by atoms with E-state index in [1.165, 1.54) is 28.4 Å². The van der Waals surface area contributed by atoms with Crippen LogP contribution in [0, 0.1) is 0 Å². The Balaban J connectivity index is 2.24. The van der Waals surface area contributed by atoms with Gasteiger partial charge in [-0.2, -0.15) is 5.10 Å². The molecule has 2 aromatic rings. The quantitative estimate of drug-likeness (QED) is 0.0135. The minimum atomic E-state index is -3.44. The van der Waals surface area contributed by atoms with Crippen LogP contribution in [0.25, 0.3) is 10.4 Å². The Hall–Kier alpha value is -2.27. The topological polar surface area (TPSA) is 157 Å². The van der Waals surface area contributed by atoms with Crippen molar-refractivity contribution in [2.75, 3.05) is 54.6 Å². The average Bonchev–Trinajstić information content (AvgIpc) is 3.23. The number of rotatable bonds is 31. The van der Waals surface area contributed by atoms with Gasteiger partial charge in [-0.15, -0.1) is 0 Å². The molecular weight excluding hydrogens is 805 g/mol. The standard InChI is InChI=1S/C39H67N6O8P3S/c1-10-14-16-17-28-38(13-4,42-43-40)52-36-24-20-35(21-25-36)31-41-44(5)54(57)39(27-12-3,29-15-11-2)53-37-22-18-34(19-23-37)26-30-45(32-55(46,48-6)49-7)33-56(47,50-8)51-9/h18-25,31,54H,10-17,26-30,32-33H2,1-9H3/b41-31+. The molecule has 3 atom stereocenters. The van der Waals surface area contributed by atoms with Crippen LogP contribution in [-0.2, 0) is 45.5 Å². The van der Waals surface area contributed by atoms with Gasteiger partial charge in [-0.1, -0.05) is 83.7 Å². The molecule has 0 spiro atoms. The molecule has 57 heavy (non-hydrogen) atoms. The van der Waals surface area contributed by atoms with Crippen molar-refractivity contribution < 1.29 is 36.7 Å². The minimum absolute atomic E-state index is 0.0775. The fourth-order valence-corrected chi connectivity index (χ4v) is 11.4. The molecule has 0 N–H and O–H groups in total. The van der Waals surface area contributed by atoms with Gasteiger partial charge >= 0.3 is 15.2 Å². The van der Waals surface area contributed by atoms with Gasteiger partial charge in [-0.3, -0.25) is 18.8 Å². The summed E-state index contributed by atoms with van der Waals surface area (Å²) in [6, 6.07) is 15.5. The van der Waals surface area contributed by atoms with Gasteiger partial charge in [0.25, 0.3) is 0 Å². The highest BCUT2D eigenvalue weighted by Crippen LogP contribution is 2.52. The summed E-state index contributed by atoms with van der Waals surface area (Å²) in [6.07, 6.45) is 12.2. The van der Waals surface area contributed by atoms with Crippen molar-refractivity contribution in [1.82, 2.24) is 9.68 Å². The monoisotopic (exact) mass is 872 g/mol. The number of benzene rings is 2. The lowest BCUT2D eigenvalue weighted by atomic mass is 10.0. The maximum atomic E-state index is 13.0. The van der Waals surface area contributed by atoms with Crippen molar-refractivity contribution in [3.8, 4) is 11.5 Å². The lowest BCUT2D eigenvalue weighted by molar-refractivity contribution is 0.0594. The van der Waals surface area contributed by atoms with Crippen molar-refractivity contribution >= 4 is 40.1 Å². The Morgan fingerprint density at radius 2 is 1.33 bits per heavy atom. The molecule has 0 aliphatic carbocycles. The van der Waals surface area contributed by atoms with E-state index >= 15 is 0 Å². The summed E-state index contributed by atoms with van der Waals surface area (Å²) < 4.78 is 61.6.